The van der Waals surface area contributed by atoms with Crippen LogP contribution < -0.4 is 10.5 Å². The molecule has 0 unspecified atom stereocenters. The molecule has 0 bridgehead atoms. The molecule has 0 fully saturated rings. The predicted octanol–water partition coefficient (Wildman–Crippen LogP) is 3.75. The van der Waals surface area contributed by atoms with Crippen LogP contribution in [0, 0.1) is 5.82 Å². The van der Waals surface area contributed by atoms with Gasteiger partial charge in [-0.2, -0.15) is 0 Å². The minimum atomic E-state index is -0.287. The van der Waals surface area contributed by atoms with Gasteiger partial charge in [0.15, 0.2) is 0 Å². The lowest BCUT2D eigenvalue weighted by Crippen LogP contribution is -1.90. The first kappa shape index (κ1) is 11.5. The molecule has 0 saturated heterocycles. The van der Waals surface area contributed by atoms with Crippen LogP contribution in [0.1, 0.15) is 0 Å². The second-order valence-corrected chi connectivity index (χ2v) is 4.15. The van der Waals surface area contributed by atoms with Crippen molar-refractivity contribution < 1.29 is 9.13 Å². The second kappa shape index (κ2) is 4.57. The van der Waals surface area contributed by atoms with E-state index in [2.05, 4.69) is 4.98 Å². The maximum absolute atomic E-state index is 12.8. The van der Waals surface area contributed by atoms with Crippen LogP contribution in [0.15, 0.2) is 54.6 Å². The monoisotopic (exact) mass is 254 g/mol. The van der Waals surface area contributed by atoms with Crippen LogP contribution in [0.3, 0.4) is 0 Å². The summed E-state index contributed by atoms with van der Waals surface area (Å²) in [6.45, 7) is 0. The number of benzene rings is 2. The van der Waals surface area contributed by atoms with Crippen LogP contribution in [-0.4, -0.2) is 4.98 Å². The Morgan fingerprint density at radius 2 is 1.63 bits per heavy atom. The number of nitrogens with two attached hydrogens (primary N) is 1. The molecular formula is C15H11FN2O. The van der Waals surface area contributed by atoms with E-state index in [0.29, 0.717) is 17.3 Å². The van der Waals surface area contributed by atoms with Crippen LogP contribution >= 0.6 is 0 Å². The molecule has 1 heterocycles. The number of rotatable bonds is 2. The maximum atomic E-state index is 12.8. The minimum absolute atomic E-state index is 0.287. The van der Waals surface area contributed by atoms with E-state index in [1.165, 1.54) is 12.1 Å². The van der Waals surface area contributed by atoms with Gasteiger partial charge in [0.25, 0.3) is 0 Å². The van der Waals surface area contributed by atoms with Crippen molar-refractivity contribution in [3.05, 3.63) is 60.4 Å². The van der Waals surface area contributed by atoms with Gasteiger partial charge in [0, 0.05) is 5.39 Å². The Morgan fingerprint density at radius 3 is 2.42 bits per heavy atom. The molecule has 0 radical (unpaired) electrons. The van der Waals surface area contributed by atoms with Gasteiger partial charge in [0.1, 0.15) is 23.1 Å². The van der Waals surface area contributed by atoms with E-state index in [-0.39, 0.29) is 5.82 Å². The first-order valence-corrected chi connectivity index (χ1v) is 5.80. The van der Waals surface area contributed by atoms with E-state index in [1.54, 1.807) is 24.3 Å². The summed E-state index contributed by atoms with van der Waals surface area (Å²) in [5.74, 6) is 1.46. The van der Waals surface area contributed by atoms with E-state index in [0.717, 1.165) is 10.9 Å². The molecular weight excluding hydrogens is 243 g/mol. The fourth-order valence-corrected chi connectivity index (χ4v) is 1.82. The smallest absolute Gasteiger partial charge is 0.128 e. The second-order valence-electron chi connectivity index (χ2n) is 4.15. The van der Waals surface area contributed by atoms with Crippen molar-refractivity contribution in [2.75, 3.05) is 5.73 Å². The number of halogens is 1. The lowest BCUT2D eigenvalue weighted by Gasteiger charge is -2.06. The molecule has 0 spiro atoms. The van der Waals surface area contributed by atoms with Gasteiger partial charge in [-0.05, 0) is 54.6 Å². The maximum Gasteiger partial charge on any atom is 0.128 e. The Morgan fingerprint density at radius 1 is 0.895 bits per heavy atom. The molecule has 0 aliphatic heterocycles. The Hall–Kier alpha value is -2.62. The van der Waals surface area contributed by atoms with E-state index >= 15 is 0 Å². The van der Waals surface area contributed by atoms with Crippen molar-refractivity contribution in [3.8, 4) is 11.5 Å². The number of pyridine rings is 1. The molecule has 2 N–H and O–H groups in total. The van der Waals surface area contributed by atoms with E-state index in [1.807, 2.05) is 18.2 Å². The number of nitrogen functional groups attached to an aromatic ring is 1. The number of fused-ring (bicyclic) bond motifs is 1. The lowest BCUT2D eigenvalue weighted by molar-refractivity contribution is 0.481. The molecule has 0 saturated carbocycles. The van der Waals surface area contributed by atoms with Gasteiger partial charge in [-0.25, -0.2) is 9.37 Å². The topological polar surface area (TPSA) is 48.1 Å². The van der Waals surface area contributed by atoms with Crippen LogP contribution in [0.4, 0.5) is 10.2 Å². The molecule has 1 aromatic heterocycles. The van der Waals surface area contributed by atoms with Crippen molar-refractivity contribution in [2.45, 2.75) is 0 Å². The zero-order valence-electron chi connectivity index (χ0n) is 10.0. The van der Waals surface area contributed by atoms with Gasteiger partial charge in [-0.15, -0.1) is 0 Å². The van der Waals surface area contributed by atoms with Gasteiger partial charge < -0.3 is 10.5 Å². The van der Waals surface area contributed by atoms with E-state index in [9.17, 15) is 4.39 Å². The predicted molar refractivity (Wildman–Crippen MR) is 72.6 cm³/mol. The summed E-state index contributed by atoms with van der Waals surface area (Å²) < 4.78 is 18.4. The van der Waals surface area contributed by atoms with Crippen molar-refractivity contribution in [2.24, 2.45) is 0 Å². The zero-order valence-corrected chi connectivity index (χ0v) is 10.0. The molecule has 4 heteroatoms. The van der Waals surface area contributed by atoms with Gasteiger partial charge in [0.05, 0.1) is 5.52 Å². The van der Waals surface area contributed by atoms with Gasteiger partial charge in [-0.3, -0.25) is 0 Å². The third-order valence-electron chi connectivity index (χ3n) is 2.73. The molecule has 3 aromatic rings. The molecule has 0 aliphatic rings. The zero-order chi connectivity index (χ0) is 13.2. The molecule has 3 rings (SSSR count). The van der Waals surface area contributed by atoms with Crippen molar-refractivity contribution in [1.29, 1.82) is 0 Å². The molecule has 19 heavy (non-hydrogen) atoms. The highest BCUT2D eigenvalue weighted by atomic mass is 19.1. The number of nitrogens with zero attached hydrogens (tertiary/aromatic N) is 1. The first-order chi connectivity index (χ1) is 9.20. The summed E-state index contributed by atoms with van der Waals surface area (Å²) in [5.41, 5.74) is 6.43. The standard InChI is InChI=1S/C15H11FN2O/c16-11-2-4-12(5-3-11)19-13-6-7-14-10(9-13)1-8-15(17)18-14/h1-9H,(H2,17,18). The number of ether oxygens (including phenoxy) is 1. The van der Waals surface area contributed by atoms with Gasteiger partial charge in [-0.1, -0.05) is 0 Å². The Kier molecular flexibility index (Phi) is 2.76. The highest BCUT2D eigenvalue weighted by Gasteiger charge is 2.01. The fraction of sp³-hybridized carbons (Fsp3) is 0. The van der Waals surface area contributed by atoms with Crippen molar-refractivity contribution in [1.82, 2.24) is 4.98 Å². The Balaban J connectivity index is 1.93. The number of hydrogen-bond acceptors (Lipinski definition) is 3. The number of anilines is 1. The van der Waals surface area contributed by atoms with Gasteiger partial charge in [0.2, 0.25) is 0 Å². The van der Waals surface area contributed by atoms with Crippen LogP contribution in [-0.2, 0) is 0 Å². The Labute approximate surface area is 109 Å². The molecule has 94 valence electrons. The number of aromatic nitrogens is 1. The highest BCUT2D eigenvalue weighted by molar-refractivity contribution is 5.81. The summed E-state index contributed by atoms with van der Waals surface area (Å²) in [6.07, 6.45) is 0. The average Bonchev–Trinajstić information content (AvgIpc) is 2.42. The minimum Gasteiger partial charge on any atom is -0.457 e. The van der Waals surface area contributed by atoms with Crippen molar-refractivity contribution in [3.63, 3.8) is 0 Å². The average molecular weight is 254 g/mol. The lowest BCUT2D eigenvalue weighted by atomic mass is 10.2. The molecule has 2 aromatic carbocycles. The first-order valence-electron chi connectivity index (χ1n) is 5.80. The van der Waals surface area contributed by atoms with Crippen LogP contribution in [0.2, 0.25) is 0 Å². The molecule has 0 atom stereocenters. The van der Waals surface area contributed by atoms with E-state index in [4.69, 9.17) is 10.5 Å². The van der Waals surface area contributed by atoms with Crippen LogP contribution in [0.25, 0.3) is 10.9 Å². The summed E-state index contributed by atoms with van der Waals surface area (Å²) in [6, 6.07) is 15.0. The summed E-state index contributed by atoms with van der Waals surface area (Å²) in [7, 11) is 0. The van der Waals surface area contributed by atoms with E-state index < -0.39 is 0 Å². The third-order valence-corrected chi connectivity index (χ3v) is 2.73. The summed E-state index contributed by atoms with van der Waals surface area (Å²) in [5, 5.41) is 0.939. The number of hydrogen-bond donors (Lipinski definition) is 1. The third kappa shape index (κ3) is 2.47. The van der Waals surface area contributed by atoms with Gasteiger partial charge >= 0.3 is 0 Å². The quantitative estimate of drug-likeness (QED) is 0.757. The molecule has 0 amide bonds. The Bertz CT molecular complexity index is 726. The summed E-state index contributed by atoms with van der Waals surface area (Å²) in [4.78, 5) is 4.21. The van der Waals surface area contributed by atoms with Crippen LogP contribution in [0.5, 0.6) is 11.5 Å². The normalized spacial score (nSPS) is 10.6. The molecule has 0 aliphatic carbocycles. The van der Waals surface area contributed by atoms with Crippen molar-refractivity contribution >= 4 is 16.7 Å². The highest BCUT2D eigenvalue weighted by Crippen LogP contribution is 2.25. The largest absolute Gasteiger partial charge is 0.457 e. The molecule has 3 nitrogen and oxygen atoms in total. The fourth-order valence-electron chi connectivity index (χ4n) is 1.82. The summed E-state index contributed by atoms with van der Waals surface area (Å²) >= 11 is 0. The SMILES string of the molecule is Nc1ccc2cc(Oc3ccc(F)cc3)ccc2n1.